The standard InChI is InChI=1S/C54H35NS/c1-3-16-42-36(13-1)15-11-22-43(42)37-27-31-40(32-28-37)55(52-25-9-7-20-47(52)49-23-12-24-50-48-21-8-10-26-53(48)56-54(49)50)41-33-29-38(30-34-41)51-35-39-14-2-4-17-44(39)45-18-5-6-19-46(45)51/h1-35H. The molecule has 0 atom stereocenters. The zero-order valence-electron chi connectivity index (χ0n) is 30.6. The van der Waals surface area contributed by atoms with E-state index in [1.54, 1.807) is 0 Å². The highest BCUT2D eigenvalue weighted by molar-refractivity contribution is 7.26. The number of fused-ring (bicyclic) bond motifs is 7. The van der Waals surface area contributed by atoms with Crippen LogP contribution in [0.25, 0.3) is 85.9 Å². The average Bonchev–Trinajstić information content (AvgIpc) is 3.66. The minimum atomic E-state index is 1.10. The van der Waals surface area contributed by atoms with Crippen LogP contribution in [0.5, 0.6) is 0 Å². The summed E-state index contributed by atoms with van der Waals surface area (Å²) in [6.45, 7) is 0. The summed E-state index contributed by atoms with van der Waals surface area (Å²) in [6.07, 6.45) is 0. The molecule has 0 bridgehead atoms. The number of thiophene rings is 1. The van der Waals surface area contributed by atoms with Crippen LogP contribution in [0.2, 0.25) is 0 Å². The van der Waals surface area contributed by atoms with E-state index in [0.29, 0.717) is 0 Å². The van der Waals surface area contributed by atoms with E-state index in [0.717, 1.165) is 17.1 Å². The van der Waals surface area contributed by atoms with Crippen LogP contribution in [0.4, 0.5) is 17.1 Å². The molecule has 0 fully saturated rings. The Labute approximate surface area is 330 Å². The molecular formula is C54H35NS. The third kappa shape index (κ3) is 5.38. The Hall–Kier alpha value is -7.00. The fourth-order valence-electron chi connectivity index (χ4n) is 8.63. The fraction of sp³-hybridized carbons (Fsp3) is 0. The lowest BCUT2D eigenvalue weighted by molar-refractivity contribution is 1.28. The summed E-state index contributed by atoms with van der Waals surface area (Å²) in [5.74, 6) is 0. The molecule has 0 spiro atoms. The van der Waals surface area contributed by atoms with Gasteiger partial charge in [-0.15, -0.1) is 11.3 Å². The van der Waals surface area contributed by atoms with E-state index in [2.05, 4.69) is 217 Å². The normalized spacial score (nSPS) is 11.6. The molecule has 0 unspecified atom stereocenters. The van der Waals surface area contributed by atoms with Crippen LogP contribution < -0.4 is 4.90 Å². The average molecular weight is 730 g/mol. The zero-order chi connectivity index (χ0) is 37.0. The predicted octanol–water partition coefficient (Wildman–Crippen LogP) is 16.0. The molecule has 1 nitrogen and oxygen atoms in total. The molecule has 0 N–H and O–H groups in total. The van der Waals surface area contributed by atoms with Crippen LogP contribution >= 0.6 is 11.3 Å². The van der Waals surface area contributed by atoms with Gasteiger partial charge in [-0.1, -0.05) is 170 Å². The molecule has 10 aromatic carbocycles. The van der Waals surface area contributed by atoms with Crippen molar-refractivity contribution in [2.75, 3.05) is 4.90 Å². The largest absolute Gasteiger partial charge is 0.310 e. The number of benzene rings is 10. The molecule has 0 aliphatic heterocycles. The minimum absolute atomic E-state index is 1.10. The van der Waals surface area contributed by atoms with E-state index in [4.69, 9.17) is 0 Å². The van der Waals surface area contributed by atoms with Crippen molar-refractivity contribution in [3.8, 4) is 33.4 Å². The lowest BCUT2D eigenvalue weighted by Gasteiger charge is -2.28. The monoisotopic (exact) mass is 729 g/mol. The molecule has 0 aliphatic carbocycles. The molecule has 2 heteroatoms. The zero-order valence-corrected chi connectivity index (χ0v) is 31.4. The third-order valence-corrected chi connectivity index (χ3v) is 12.5. The van der Waals surface area contributed by atoms with Crippen molar-refractivity contribution in [1.82, 2.24) is 0 Å². The second-order valence-electron chi connectivity index (χ2n) is 14.4. The van der Waals surface area contributed by atoms with E-state index in [-0.39, 0.29) is 0 Å². The highest BCUT2D eigenvalue weighted by Gasteiger charge is 2.20. The van der Waals surface area contributed by atoms with Gasteiger partial charge in [-0.05, 0) is 97.0 Å². The van der Waals surface area contributed by atoms with Crippen molar-refractivity contribution in [1.29, 1.82) is 0 Å². The van der Waals surface area contributed by atoms with E-state index in [1.807, 2.05) is 11.3 Å². The first kappa shape index (κ1) is 32.4. The molecule has 262 valence electrons. The van der Waals surface area contributed by atoms with Crippen molar-refractivity contribution in [2.45, 2.75) is 0 Å². The number of para-hydroxylation sites is 1. The molecule has 11 aromatic rings. The van der Waals surface area contributed by atoms with Crippen molar-refractivity contribution in [2.24, 2.45) is 0 Å². The molecule has 0 amide bonds. The molecule has 11 rings (SSSR count). The van der Waals surface area contributed by atoms with E-state index in [1.165, 1.54) is 85.9 Å². The van der Waals surface area contributed by atoms with Gasteiger partial charge in [0, 0.05) is 42.7 Å². The summed E-state index contributed by atoms with van der Waals surface area (Å²) in [6, 6.07) is 77.7. The highest BCUT2D eigenvalue weighted by atomic mass is 32.1. The second-order valence-corrected chi connectivity index (χ2v) is 15.5. The van der Waals surface area contributed by atoms with Gasteiger partial charge in [0.15, 0.2) is 0 Å². The lowest BCUT2D eigenvalue weighted by Crippen LogP contribution is -2.11. The third-order valence-electron chi connectivity index (χ3n) is 11.3. The number of rotatable bonds is 6. The molecule has 0 radical (unpaired) electrons. The maximum Gasteiger partial charge on any atom is 0.0540 e. The first-order chi connectivity index (χ1) is 27.8. The van der Waals surface area contributed by atoms with Crippen molar-refractivity contribution < 1.29 is 0 Å². The Morgan fingerprint density at radius 2 is 0.821 bits per heavy atom. The molecule has 56 heavy (non-hydrogen) atoms. The number of hydrogen-bond donors (Lipinski definition) is 0. The van der Waals surface area contributed by atoms with Crippen LogP contribution in [0.15, 0.2) is 212 Å². The summed E-state index contributed by atoms with van der Waals surface area (Å²) in [5.41, 5.74) is 10.7. The molecule has 1 heterocycles. The maximum atomic E-state index is 2.43. The van der Waals surface area contributed by atoms with Crippen molar-refractivity contribution >= 4 is 80.9 Å². The fourth-order valence-corrected chi connectivity index (χ4v) is 9.86. The molecule has 0 saturated heterocycles. The van der Waals surface area contributed by atoms with E-state index >= 15 is 0 Å². The van der Waals surface area contributed by atoms with Gasteiger partial charge >= 0.3 is 0 Å². The van der Waals surface area contributed by atoms with E-state index < -0.39 is 0 Å². The van der Waals surface area contributed by atoms with Crippen LogP contribution in [0.3, 0.4) is 0 Å². The number of hydrogen-bond acceptors (Lipinski definition) is 2. The van der Waals surface area contributed by atoms with Crippen LogP contribution in [-0.2, 0) is 0 Å². The highest BCUT2D eigenvalue weighted by Crippen LogP contribution is 2.46. The second kappa shape index (κ2) is 13.4. The van der Waals surface area contributed by atoms with Gasteiger partial charge in [0.1, 0.15) is 0 Å². The van der Waals surface area contributed by atoms with Gasteiger partial charge in [-0.3, -0.25) is 0 Å². The quantitative estimate of drug-likeness (QED) is 0.154. The molecule has 0 saturated carbocycles. The Morgan fingerprint density at radius 1 is 0.304 bits per heavy atom. The summed E-state index contributed by atoms with van der Waals surface area (Å²) >= 11 is 1.88. The summed E-state index contributed by atoms with van der Waals surface area (Å²) in [7, 11) is 0. The van der Waals surface area contributed by atoms with Gasteiger partial charge in [-0.2, -0.15) is 0 Å². The first-order valence-electron chi connectivity index (χ1n) is 19.2. The minimum Gasteiger partial charge on any atom is -0.310 e. The van der Waals surface area contributed by atoms with Crippen molar-refractivity contribution in [3.05, 3.63) is 212 Å². The van der Waals surface area contributed by atoms with Crippen LogP contribution in [0.1, 0.15) is 0 Å². The summed E-state index contributed by atoms with van der Waals surface area (Å²) in [5, 5.41) is 10.2. The van der Waals surface area contributed by atoms with Crippen LogP contribution in [0, 0.1) is 0 Å². The number of nitrogens with zero attached hydrogens (tertiary/aromatic N) is 1. The first-order valence-corrected chi connectivity index (χ1v) is 20.0. The summed E-state index contributed by atoms with van der Waals surface area (Å²) in [4.78, 5) is 2.43. The topological polar surface area (TPSA) is 3.24 Å². The predicted molar refractivity (Wildman–Crippen MR) is 243 cm³/mol. The van der Waals surface area contributed by atoms with Gasteiger partial charge < -0.3 is 4.90 Å². The SMILES string of the molecule is c1ccc(N(c2ccc(-c3cccc4ccccc34)cc2)c2ccc(-c3cc4ccccc4c4ccccc34)cc2)c(-c2cccc3c2sc2ccccc23)c1. The smallest absolute Gasteiger partial charge is 0.0540 e. The molecular weight excluding hydrogens is 695 g/mol. The van der Waals surface area contributed by atoms with Gasteiger partial charge in [-0.25, -0.2) is 0 Å². The number of anilines is 3. The maximum absolute atomic E-state index is 2.43. The van der Waals surface area contributed by atoms with Gasteiger partial charge in [0.2, 0.25) is 0 Å². The Bertz CT molecular complexity index is 3240. The van der Waals surface area contributed by atoms with Gasteiger partial charge in [0.25, 0.3) is 0 Å². The van der Waals surface area contributed by atoms with Crippen LogP contribution in [-0.4, -0.2) is 0 Å². The summed E-state index contributed by atoms with van der Waals surface area (Å²) < 4.78 is 2.62. The van der Waals surface area contributed by atoms with E-state index in [9.17, 15) is 0 Å². The Morgan fingerprint density at radius 3 is 1.61 bits per heavy atom. The Kier molecular flexibility index (Phi) is 7.75. The molecule has 1 aromatic heterocycles. The van der Waals surface area contributed by atoms with Crippen molar-refractivity contribution in [3.63, 3.8) is 0 Å². The lowest BCUT2D eigenvalue weighted by atomic mass is 9.93. The molecule has 0 aliphatic rings. The Balaban J connectivity index is 1.08. The van der Waals surface area contributed by atoms with Gasteiger partial charge in [0.05, 0.1) is 5.69 Å².